The van der Waals surface area contributed by atoms with Crippen molar-refractivity contribution in [1.29, 1.82) is 0 Å². The van der Waals surface area contributed by atoms with Gasteiger partial charge in [-0.25, -0.2) is 0 Å². The number of piperidine rings is 2. The highest BCUT2D eigenvalue weighted by molar-refractivity contribution is 5.89. The Hall–Kier alpha value is -2.31. The molecule has 7 nitrogen and oxygen atoms in total. The van der Waals surface area contributed by atoms with E-state index < -0.39 is 5.97 Å². The van der Waals surface area contributed by atoms with E-state index in [-0.39, 0.29) is 0 Å². The molecule has 3 aliphatic heterocycles. The zero-order chi connectivity index (χ0) is 18.0. The number of aryl methyl sites for hydroxylation is 1. The summed E-state index contributed by atoms with van der Waals surface area (Å²) >= 11 is 0. The van der Waals surface area contributed by atoms with Gasteiger partial charge in [-0.2, -0.15) is 9.97 Å². The lowest BCUT2D eigenvalue weighted by Gasteiger charge is -2.53. The zero-order valence-corrected chi connectivity index (χ0v) is 15.3. The van der Waals surface area contributed by atoms with E-state index in [2.05, 4.69) is 27.4 Å². The van der Waals surface area contributed by atoms with Crippen molar-refractivity contribution < 1.29 is 9.90 Å². The van der Waals surface area contributed by atoms with Gasteiger partial charge in [0.15, 0.2) is 0 Å². The lowest BCUT2D eigenvalue weighted by atomic mass is 9.60. The summed E-state index contributed by atoms with van der Waals surface area (Å²) in [6.45, 7) is 5.05. The van der Waals surface area contributed by atoms with Crippen LogP contribution < -0.4 is 9.80 Å². The second-order valence-corrected chi connectivity index (χ2v) is 8.26. The summed E-state index contributed by atoms with van der Waals surface area (Å²) in [6.07, 6.45) is 4.70. The van der Waals surface area contributed by atoms with Gasteiger partial charge in [0.05, 0.1) is 5.39 Å². The second kappa shape index (κ2) is 5.59. The molecule has 26 heavy (non-hydrogen) atoms. The number of anilines is 2. The second-order valence-electron chi connectivity index (χ2n) is 8.26. The summed E-state index contributed by atoms with van der Waals surface area (Å²) in [5.74, 6) is 2.48. The van der Waals surface area contributed by atoms with Crippen LogP contribution in [-0.2, 0) is 11.8 Å². The van der Waals surface area contributed by atoms with Gasteiger partial charge in [0, 0.05) is 45.3 Å². The van der Waals surface area contributed by atoms with Crippen LogP contribution in [-0.4, -0.2) is 51.3 Å². The highest BCUT2D eigenvalue weighted by atomic mass is 16.4. The highest BCUT2D eigenvalue weighted by Crippen LogP contribution is 2.48. The lowest BCUT2D eigenvalue weighted by molar-refractivity contribution is -0.141. The van der Waals surface area contributed by atoms with Gasteiger partial charge < -0.3 is 19.5 Å². The van der Waals surface area contributed by atoms with Crippen molar-refractivity contribution in [2.24, 2.45) is 24.8 Å². The largest absolute Gasteiger partial charge is 0.481 e. The third kappa shape index (κ3) is 2.29. The topological polar surface area (TPSA) is 74.5 Å². The number of carboxylic acids is 1. The van der Waals surface area contributed by atoms with Crippen molar-refractivity contribution in [3.63, 3.8) is 0 Å². The molecule has 5 heterocycles. The van der Waals surface area contributed by atoms with Gasteiger partial charge in [-0.15, -0.1) is 0 Å². The van der Waals surface area contributed by atoms with Crippen LogP contribution in [0, 0.1) is 17.8 Å². The van der Waals surface area contributed by atoms with E-state index in [1.165, 1.54) is 6.42 Å². The van der Waals surface area contributed by atoms with E-state index in [0.717, 1.165) is 48.9 Å². The maximum atomic E-state index is 11.1. The van der Waals surface area contributed by atoms with E-state index in [4.69, 9.17) is 15.1 Å². The smallest absolute Gasteiger partial charge is 0.303 e. The fourth-order valence-electron chi connectivity index (χ4n) is 4.99. The molecule has 4 atom stereocenters. The first-order valence-corrected chi connectivity index (χ1v) is 9.57. The van der Waals surface area contributed by atoms with Crippen molar-refractivity contribution in [3.8, 4) is 0 Å². The van der Waals surface area contributed by atoms with E-state index in [0.29, 0.717) is 30.2 Å². The van der Waals surface area contributed by atoms with Gasteiger partial charge in [0.1, 0.15) is 11.5 Å². The van der Waals surface area contributed by atoms with Crippen LogP contribution in [0.25, 0.3) is 11.0 Å². The Balaban J connectivity index is 1.48. The van der Waals surface area contributed by atoms with Crippen LogP contribution in [0.3, 0.4) is 0 Å². The molecule has 6 rings (SSSR count). The molecule has 138 valence electrons. The molecule has 4 aliphatic rings. The molecular weight excluding hydrogens is 330 g/mol. The molecule has 4 fully saturated rings. The van der Waals surface area contributed by atoms with Crippen molar-refractivity contribution in [1.82, 2.24) is 14.5 Å². The Labute approximate surface area is 152 Å². The van der Waals surface area contributed by atoms with E-state index in [9.17, 15) is 4.79 Å². The monoisotopic (exact) mass is 355 g/mol. The fourth-order valence-corrected chi connectivity index (χ4v) is 4.99. The normalized spacial score (nSPS) is 30.2. The van der Waals surface area contributed by atoms with Crippen LogP contribution in [0.1, 0.15) is 26.2 Å². The summed E-state index contributed by atoms with van der Waals surface area (Å²) in [4.78, 5) is 25.5. The molecule has 1 N–H and O–H groups in total. The number of aromatic nitrogens is 3. The van der Waals surface area contributed by atoms with Crippen LogP contribution in [0.15, 0.2) is 12.3 Å². The molecule has 0 radical (unpaired) electrons. The number of carbonyl (C=O) groups is 1. The Morgan fingerprint density at radius 3 is 2.69 bits per heavy atom. The van der Waals surface area contributed by atoms with E-state index in [1.807, 2.05) is 13.2 Å². The third-order valence-corrected chi connectivity index (χ3v) is 6.71. The molecule has 0 aromatic carbocycles. The molecule has 7 heteroatoms. The van der Waals surface area contributed by atoms with Crippen LogP contribution in [0.5, 0.6) is 0 Å². The minimum absolute atomic E-state index is 0.310. The van der Waals surface area contributed by atoms with Crippen molar-refractivity contribution in [2.75, 3.05) is 29.4 Å². The molecule has 2 bridgehead atoms. The van der Waals surface area contributed by atoms with Gasteiger partial charge in [0.25, 0.3) is 0 Å². The van der Waals surface area contributed by atoms with Crippen molar-refractivity contribution in [3.05, 3.63) is 12.3 Å². The van der Waals surface area contributed by atoms with Crippen LogP contribution >= 0.6 is 0 Å². The van der Waals surface area contributed by atoms with Crippen LogP contribution in [0.2, 0.25) is 0 Å². The van der Waals surface area contributed by atoms with Gasteiger partial charge >= 0.3 is 5.97 Å². The van der Waals surface area contributed by atoms with Gasteiger partial charge in [-0.05, 0) is 43.6 Å². The molecule has 1 saturated carbocycles. The van der Waals surface area contributed by atoms with Gasteiger partial charge in [-0.1, -0.05) is 0 Å². The Bertz CT molecular complexity index is 866. The first kappa shape index (κ1) is 15.9. The number of rotatable bonds is 4. The fraction of sp³-hybridized carbons (Fsp3) is 0.632. The highest BCUT2D eigenvalue weighted by Gasteiger charge is 2.48. The Morgan fingerprint density at radius 1 is 1.31 bits per heavy atom. The summed E-state index contributed by atoms with van der Waals surface area (Å²) in [5, 5.41) is 10.2. The standard InChI is InChI=1S/C19H25N5O2/c1-11-3-6-24(11)19-20-17-14(4-5-22(17)2)18(21-19)23-9-12-7-13(10-23)15(12)8-16(25)26/h4-5,11-13,15H,3,6-10H2,1-2H3,(H,25,26)/t11-,12-,13+,15-/m0/s1. The van der Waals surface area contributed by atoms with Crippen LogP contribution in [0.4, 0.5) is 11.8 Å². The predicted molar refractivity (Wildman–Crippen MR) is 99.5 cm³/mol. The molecule has 2 aromatic heterocycles. The lowest BCUT2D eigenvalue weighted by Crippen LogP contribution is -2.56. The van der Waals surface area contributed by atoms with Crippen molar-refractivity contribution >= 4 is 28.8 Å². The zero-order valence-electron chi connectivity index (χ0n) is 15.3. The number of aliphatic carboxylic acids is 1. The summed E-state index contributed by atoms with van der Waals surface area (Å²) in [6, 6.07) is 2.60. The minimum Gasteiger partial charge on any atom is -0.481 e. The number of nitrogens with zero attached hydrogens (tertiary/aromatic N) is 5. The SMILES string of the molecule is C[C@H]1CCN1c1nc(N2C[C@H]3C[C@@H](C2)[C@@H]3CC(=O)O)c2ccn(C)c2n1. The molecular formula is C19H25N5O2. The molecule has 0 spiro atoms. The first-order chi connectivity index (χ1) is 12.5. The average Bonchev–Trinajstić information content (AvgIpc) is 2.99. The average molecular weight is 355 g/mol. The maximum absolute atomic E-state index is 11.1. The number of hydrogen-bond acceptors (Lipinski definition) is 5. The number of hydrogen-bond donors (Lipinski definition) is 1. The van der Waals surface area contributed by atoms with Gasteiger partial charge in [0.2, 0.25) is 5.95 Å². The Morgan fingerprint density at radius 2 is 2.08 bits per heavy atom. The minimum atomic E-state index is -0.667. The Kier molecular flexibility index (Phi) is 3.42. The third-order valence-electron chi connectivity index (χ3n) is 6.71. The maximum Gasteiger partial charge on any atom is 0.303 e. The molecule has 0 unspecified atom stereocenters. The molecule has 2 aromatic rings. The summed E-state index contributed by atoms with van der Waals surface area (Å²) in [7, 11) is 2.03. The number of fused-ring (bicyclic) bond motifs is 3. The predicted octanol–water partition coefficient (Wildman–Crippen LogP) is 2.11. The first-order valence-electron chi connectivity index (χ1n) is 9.57. The summed E-state index contributed by atoms with van der Waals surface area (Å²) in [5.41, 5.74) is 0.977. The van der Waals surface area contributed by atoms with Gasteiger partial charge in [-0.3, -0.25) is 4.79 Å². The quantitative estimate of drug-likeness (QED) is 0.905. The summed E-state index contributed by atoms with van der Waals surface area (Å²) < 4.78 is 2.06. The van der Waals surface area contributed by atoms with E-state index >= 15 is 0 Å². The molecule has 1 aliphatic carbocycles. The van der Waals surface area contributed by atoms with Crippen molar-refractivity contribution in [2.45, 2.75) is 32.2 Å². The van der Waals surface area contributed by atoms with E-state index in [1.54, 1.807) is 0 Å². The molecule has 0 amide bonds. The molecule has 3 saturated heterocycles. The number of carboxylic acid groups (broad SMARTS) is 1.